The van der Waals surface area contributed by atoms with Crippen LogP contribution in [0.1, 0.15) is 12.5 Å². The van der Waals surface area contributed by atoms with Gasteiger partial charge in [-0.05, 0) is 30.7 Å². The number of hydrazine groups is 1. The summed E-state index contributed by atoms with van der Waals surface area (Å²) in [5.74, 6) is -0.508. The summed E-state index contributed by atoms with van der Waals surface area (Å²) in [6.45, 7) is 1.58. The molecular weight excluding hydrogens is 370 g/mol. The number of carbonyl (C=O) groups excluding carboxylic acids is 3. The second kappa shape index (κ2) is 7.62. The summed E-state index contributed by atoms with van der Waals surface area (Å²) in [5, 5.41) is 3.73. The van der Waals surface area contributed by atoms with Gasteiger partial charge in [0.05, 0.1) is 12.9 Å². The average molecular weight is 387 g/mol. The summed E-state index contributed by atoms with van der Waals surface area (Å²) in [4.78, 5) is 45.1. The highest BCUT2D eigenvalue weighted by molar-refractivity contribution is 7.99. The zero-order valence-corrected chi connectivity index (χ0v) is 15.4. The fourth-order valence-corrected chi connectivity index (χ4v) is 3.10. The molecule has 0 unspecified atom stereocenters. The molecule has 1 saturated heterocycles. The van der Waals surface area contributed by atoms with Gasteiger partial charge in [-0.3, -0.25) is 15.0 Å². The third kappa shape index (κ3) is 3.85. The van der Waals surface area contributed by atoms with Gasteiger partial charge in [0.1, 0.15) is 11.3 Å². The van der Waals surface area contributed by atoms with E-state index in [1.807, 2.05) is 0 Å². The largest absolute Gasteiger partial charge is 0.497 e. The fourth-order valence-electron chi connectivity index (χ4n) is 2.51. The molecule has 0 saturated carbocycles. The van der Waals surface area contributed by atoms with Crippen LogP contribution in [0.4, 0.5) is 4.79 Å². The van der Waals surface area contributed by atoms with Crippen molar-refractivity contribution in [2.45, 2.75) is 17.6 Å². The first-order valence-corrected chi connectivity index (χ1v) is 8.93. The molecule has 2 aromatic rings. The Labute approximate surface area is 159 Å². The van der Waals surface area contributed by atoms with Crippen molar-refractivity contribution >= 4 is 29.6 Å². The van der Waals surface area contributed by atoms with Gasteiger partial charge in [0.2, 0.25) is 5.91 Å². The molecule has 1 fully saturated rings. The van der Waals surface area contributed by atoms with Crippen molar-refractivity contribution in [2.24, 2.45) is 0 Å². The number of hydrogen-bond donors (Lipinski definition) is 2. The highest BCUT2D eigenvalue weighted by Crippen LogP contribution is 2.29. The molecule has 1 aliphatic rings. The Morgan fingerprint density at radius 2 is 1.93 bits per heavy atom. The first kappa shape index (κ1) is 18.6. The first-order chi connectivity index (χ1) is 12.9. The molecule has 27 heavy (non-hydrogen) atoms. The smallest absolute Gasteiger partial charge is 0.344 e. The Morgan fingerprint density at radius 1 is 1.26 bits per heavy atom. The molecule has 9 nitrogen and oxygen atoms in total. The van der Waals surface area contributed by atoms with Crippen LogP contribution in [0.5, 0.6) is 5.75 Å². The number of nitrogens with one attached hydrogen (secondary N) is 2. The quantitative estimate of drug-likeness (QED) is 0.433. The first-order valence-electron chi connectivity index (χ1n) is 7.94. The molecule has 2 heterocycles. The van der Waals surface area contributed by atoms with Crippen LogP contribution < -0.4 is 15.5 Å². The van der Waals surface area contributed by atoms with E-state index in [1.54, 1.807) is 49.6 Å². The summed E-state index contributed by atoms with van der Waals surface area (Å²) >= 11 is 1.10. The number of amides is 4. The Kier molecular flexibility index (Phi) is 5.26. The lowest BCUT2D eigenvalue weighted by molar-refractivity contribution is -0.138. The molecule has 0 spiro atoms. The SMILES string of the molecule is COc1ccc([C@]2(C)NC(=O)N(NC(=O)CSc3ncccn3)C2=O)cc1. The third-order valence-corrected chi connectivity index (χ3v) is 4.84. The van der Waals surface area contributed by atoms with Gasteiger partial charge in [-0.1, -0.05) is 23.9 Å². The second-order valence-corrected chi connectivity index (χ2v) is 6.72. The number of carbonyl (C=O) groups is 3. The number of ether oxygens (including phenoxy) is 1. The van der Waals surface area contributed by atoms with E-state index in [2.05, 4.69) is 20.7 Å². The number of hydrogen-bond acceptors (Lipinski definition) is 7. The van der Waals surface area contributed by atoms with Crippen molar-refractivity contribution in [3.05, 3.63) is 48.3 Å². The molecule has 1 aliphatic heterocycles. The van der Waals surface area contributed by atoms with Crippen LogP contribution in [0.3, 0.4) is 0 Å². The van der Waals surface area contributed by atoms with E-state index < -0.39 is 23.4 Å². The molecule has 0 radical (unpaired) electrons. The topological polar surface area (TPSA) is 114 Å². The lowest BCUT2D eigenvalue weighted by atomic mass is 9.92. The highest BCUT2D eigenvalue weighted by atomic mass is 32.2. The van der Waals surface area contributed by atoms with E-state index in [0.717, 1.165) is 11.8 Å². The molecule has 140 valence electrons. The normalized spacial score (nSPS) is 19.0. The van der Waals surface area contributed by atoms with Crippen LogP contribution in [0.2, 0.25) is 0 Å². The standard InChI is InChI=1S/C17H17N5O4S/c1-17(11-4-6-12(26-2)7-5-11)14(24)22(16(25)20-17)21-13(23)10-27-15-18-8-3-9-19-15/h3-9H,10H2,1-2H3,(H,20,25)(H,21,23)/t17-/m0/s1. The van der Waals surface area contributed by atoms with E-state index in [4.69, 9.17) is 4.74 Å². The van der Waals surface area contributed by atoms with E-state index in [-0.39, 0.29) is 5.75 Å². The lowest BCUT2D eigenvalue weighted by Crippen LogP contribution is -2.48. The molecular formula is C17H17N5O4S. The predicted octanol–water partition coefficient (Wildman–Crippen LogP) is 1.08. The molecule has 1 aromatic heterocycles. The highest BCUT2D eigenvalue weighted by Gasteiger charge is 2.50. The Bertz CT molecular complexity index is 861. The summed E-state index contributed by atoms with van der Waals surface area (Å²) in [7, 11) is 1.54. The summed E-state index contributed by atoms with van der Waals surface area (Å²) in [6.07, 6.45) is 3.12. The molecule has 3 rings (SSSR count). The monoisotopic (exact) mass is 387 g/mol. The number of benzene rings is 1. The van der Waals surface area contributed by atoms with Crippen LogP contribution in [0.15, 0.2) is 47.9 Å². The minimum atomic E-state index is -1.29. The predicted molar refractivity (Wildman–Crippen MR) is 96.6 cm³/mol. The molecule has 10 heteroatoms. The van der Waals surface area contributed by atoms with E-state index in [1.165, 1.54) is 7.11 Å². The van der Waals surface area contributed by atoms with Crippen LogP contribution in [0, 0.1) is 0 Å². The van der Waals surface area contributed by atoms with Crippen LogP contribution >= 0.6 is 11.8 Å². The van der Waals surface area contributed by atoms with Crippen molar-refractivity contribution in [1.29, 1.82) is 0 Å². The van der Waals surface area contributed by atoms with Crippen molar-refractivity contribution in [3.63, 3.8) is 0 Å². The number of thioether (sulfide) groups is 1. The Hall–Kier alpha value is -3.14. The molecule has 2 N–H and O–H groups in total. The number of methoxy groups -OCH3 is 1. The fraction of sp³-hybridized carbons (Fsp3) is 0.235. The van der Waals surface area contributed by atoms with Gasteiger partial charge in [-0.25, -0.2) is 14.8 Å². The summed E-state index contributed by atoms with van der Waals surface area (Å²) in [6, 6.07) is 7.72. The molecule has 0 bridgehead atoms. The lowest BCUT2D eigenvalue weighted by Gasteiger charge is -2.22. The number of imide groups is 1. The van der Waals surface area contributed by atoms with Gasteiger partial charge in [-0.2, -0.15) is 5.01 Å². The van der Waals surface area contributed by atoms with Crippen molar-refractivity contribution in [2.75, 3.05) is 12.9 Å². The third-order valence-electron chi connectivity index (χ3n) is 3.97. The second-order valence-electron chi connectivity index (χ2n) is 5.78. The number of aromatic nitrogens is 2. The van der Waals surface area contributed by atoms with Crippen LogP contribution in [-0.4, -0.2) is 45.7 Å². The maximum Gasteiger partial charge on any atom is 0.344 e. The number of rotatable bonds is 6. The summed E-state index contributed by atoms with van der Waals surface area (Å²) < 4.78 is 5.10. The molecule has 1 aromatic carbocycles. The zero-order chi connectivity index (χ0) is 19.4. The van der Waals surface area contributed by atoms with Crippen molar-refractivity contribution in [3.8, 4) is 5.75 Å². The average Bonchev–Trinajstić information content (AvgIpc) is 2.91. The van der Waals surface area contributed by atoms with E-state index in [0.29, 0.717) is 21.5 Å². The number of urea groups is 1. The maximum atomic E-state index is 12.8. The van der Waals surface area contributed by atoms with Crippen molar-refractivity contribution in [1.82, 2.24) is 25.7 Å². The van der Waals surface area contributed by atoms with E-state index in [9.17, 15) is 14.4 Å². The van der Waals surface area contributed by atoms with Gasteiger partial charge >= 0.3 is 6.03 Å². The van der Waals surface area contributed by atoms with Gasteiger partial charge in [-0.15, -0.1) is 0 Å². The molecule has 1 atom stereocenters. The van der Waals surface area contributed by atoms with Crippen molar-refractivity contribution < 1.29 is 19.1 Å². The number of nitrogens with zero attached hydrogens (tertiary/aromatic N) is 3. The van der Waals surface area contributed by atoms with E-state index >= 15 is 0 Å². The van der Waals surface area contributed by atoms with Crippen LogP contribution in [-0.2, 0) is 15.1 Å². The molecule has 0 aliphatic carbocycles. The van der Waals surface area contributed by atoms with Gasteiger partial charge in [0, 0.05) is 12.4 Å². The minimum absolute atomic E-state index is 0.0413. The van der Waals surface area contributed by atoms with Gasteiger partial charge < -0.3 is 10.1 Å². The Morgan fingerprint density at radius 3 is 2.56 bits per heavy atom. The maximum absolute atomic E-state index is 12.8. The molecule has 4 amide bonds. The minimum Gasteiger partial charge on any atom is -0.497 e. The Balaban J connectivity index is 1.67. The van der Waals surface area contributed by atoms with Crippen LogP contribution in [0.25, 0.3) is 0 Å². The van der Waals surface area contributed by atoms with Gasteiger partial charge in [0.25, 0.3) is 5.91 Å². The zero-order valence-electron chi connectivity index (χ0n) is 14.6. The van der Waals surface area contributed by atoms with Gasteiger partial charge in [0.15, 0.2) is 5.16 Å². The summed E-state index contributed by atoms with van der Waals surface area (Å²) in [5.41, 5.74) is 1.62.